The molecule has 0 bridgehead atoms. The van der Waals surface area contributed by atoms with Crippen LogP contribution in [0.3, 0.4) is 0 Å². The molecule has 17 heavy (non-hydrogen) atoms. The third-order valence-electron chi connectivity index (χ3n) is 4.20. The van der Waals surface area contributed by atoms with Crippen molar-refractivity contribution in [1.29, 1.82) is 0 Å². The lowest BCUT2D eigenvalue weighted by molar-refractivity contribution is -0.122. The zero-order valence-corrected chi connectivity index (χ0v) is 12.5. The van der Waals surface area contributed by atoms with Gasteiger partial charge in [-0.2, -0.15) is 0 Å². The highest BCUT2D eigenvalue weighted by atomic mass is 16.5. The van der Waals surface area contributed by atoms with E-state index < -0.39 is 5.60 Å². The Morgan fingerprint density at radius 2 is 1.53 bits per heavy atom. The Balaban J connectivity index is 2.79. The number of hydrogen-bond acceptors (Lipinski definition) is 2. The monoisotopic (exact) mass is 242 g/mol. The Hall–Kier alpha value is -0.0800. The minimum atomic E-state index is -0.524. The molecule has 0 amide bonds. The summed E-state index contributed by atoms with van der Waals surface area (Å²) in [5.74, 6) is 0.307. The molecule has 0 spiro atoms. The van der Waals surface area contributed by atoms with Crippen LogP contribution in [0.1, 0.15) is 60.3 Å². The quantitative estimate of drug-likeness (QED) is 0.816. The highest BCUT2D eigenvalue weighted by Crippen LogP contribution is 2.52. The van der Waals surface area contributed by atoms with Crippen molar-refractivity contribution in [3.63, 3.8) is 0 Å². The molecule has 102 valence electrons. The molecule has 0 aromatic heterocycles. The maximum atomic E-state index is 11.0. The van der Waals surface area contributed by atoms with Gasteiger partial charge in [-0.1, -0.05) is 34.6 Å². The summed E-state index contributed by atoms with van der Waals surface area (Å²) in [4.78, 5) is 0. The summed E-state index contributed by atoms with van der Waals surface area (Å²) in [5.41, 5.74) is -0.0561. The summed E-state index contributed by atoms with van der Waals surface area (Å²) in [6, 6.07) is 0. The van der Waals surface area contributed by atoms with Crippen LogP contribution in [-0.2, 0) is 4.74 Å². The first-order valence-electron chi connectivity index (χ1n) is 6.82. The first-order valence-corrected chi connectivity index (χ1v) is 6.82. The molecular weight excluding hydrogens is 212 g/mol. The summed E-state index contributed by atoms with van der Waals surface area (Å²) in [5, 5.41) is 11.0. The molecule has 0 aromatic rings. The molecule has 1 atom stereocenters. The molecule has 1 aliphatic carbocycles. The lowest BCUT2D eigenvalue weighted by Gasteiger charge is -2.52. The minimum Gasteiger partial charge on any atom is -0.390 e. The van der Waals surface area contributed by atoms with Crippen LogP contribution in [0.2, 0.25) is 0 Å². The topological polar surface area (TPSA) is 29.5 Å². The van der Waals surface area contributed by atoms with E-state index in [2.05, 4.69) is 34.6 Å². The van der Waals surface area contributed by atoms with Crippen molar-refractivity contribution in [2.24, 2.45) is 16.7 Å². The fourth-order valence-corrected chi connectivity index (χ4v) is 4.05. The Morgan fingerprint density at radius 3 is 1.94 bits per heavy atom. The molecule has 0 saturated heterocycles. The third kappa shape index (κ3) is 3.96. The van der Waals surface area contributed by atoms with E-state index in [-0.39, 0.29) is 10.8 Å². The average molecular weight is 242 g/mol. The van der Waals surface area contributed by atoms with E-state index in [0.29, 0.717) is 5.92 Å². The van der Waals surface area contributed by atoms with Gasteiger partial charge in [-0.05, 0) is 42.4 Å². The lowest BCUT2D eigenvalue weighted by atomic mass is 9.57. The van der Waals surface area contributed by atoms with Crippen molar-refractivity contribution in [1.82, 2.24) is 0 Å². The van der Waals surface area contributed by atoms with E-state index in [4.69, 9.17) is 4.74 Å². The zero-order chi connectivity index (χ0) is 13.3. The Labute approximate surface area is 107 Å². The molecule has 1 N–H and O–H groups in total. The summed E-state index contributed by atoms with van der Waals surface area (Å²) < 4.78 is 5.14. The number of hydrogen-bond donors (Lipinski definition) is 1. The molecule has 1 rings (SSSR count). The Bertz CT molecular complexity index is 240. The number of rotatable bonds is 4. The number of ether oxygens (including phenoxy) is 1. The Kier molecular flexibility index (Phi) is 4.31. The molecule has 0 radical (unpaired) electrons. The van der Waals surface area contributed by atoms with Gasteiger partial charge in [0.25, 0.3) is 0 Å². The highest BCUT2D eigenvalue weighted by molar-refractivity contribution is 4.99. The third-order valence-corrected chi connectivity index (χ3v) is 4.20. The van der Waals surface area contributed by atoms with Gasteiger partial charge in [0.2, 0.25) is 0 Å². The van der Waals surface area contributed by atoms with Crippen LogP contribution < -0.4 is 0 Å². The van der Waals surface area contributed by atoms with E-state index in [9.17, 15) is 5.11 Å². The fraction of sp³-hybridized carbons (Fsp3) is 1.00. The predicted molar refractivity (Wildman–Crippen MR) is 72.0 cm³/mol. The largest absolute Gasteiger partial charge is 0.390 e. The van der Waals surface area contributed by atoms with Crippen LogP contribution in [-0.4, -0.2) is 24.4 Å². The average Bonchev–Trinajstić information content (AvgIpc) is 2.07. The summed E-state index contributed by atoms with van der Waals surface area (Å²) >= 11 is 0. The second-order valence-electron chi connectivity index (χ2n) is 7.64. The van der Waals surface area contributed by atoms with Gasteiger partial charge in [0.15, 0.2) is 0 Å². The maximum absolute atomic E-state index is 11.0. The van der Waals surface area contributed by atoms with Crippen LogP contribution in [0.5, 0.6) is 0 Å². The van der Waals surface area contributed by atoms with Crippen molar-refractivity contribution < 1.29 is 9.84 Å². The molecule has 1 unspecified atom stereocenters. The van der Waals surface area contributed by atoms with Gasteiger partial charge in [-0.25, -0.2) is 0 Å². The van der Waals surface area contributed by atoms with Gasteiger partial charge in [0.1, 0.15) is 0 Å². The number of aliphatic hydroxyl groups is 1. The van der Waals surface area contributed by atoms with Crippen molar-refractivity contribution in [2.75, 3.05) is 13.7 Å². The molecule has 1 saturated carbocycles. The molecule has 2 heteroatoms. The molecule has 0 heterocycles. The van der Waals surface area contributed by atoms with Gasteiger partial charge in [-0.15, -0.1) is 0 Å². The van der Waals surface area contributed by atoms with Crippen LogP contribution in [0.15, 0.2) is 0 Å². The van der Waals surface area contributed by atoms with Gasteiger partial charge in [0.05, 0.1) is 5.60 Å². The van der Waals surface area contributed by atoms with E-state index in [1.807, 2.05) is 0 Å². The lowest BCUT2D eigenvalue weighted by Crippen LogP contribution is -2.50. The summed E-state index contributed by atoms with van der Waals surface area (Å²) in [6.07, 6.45) is 3.96. The fourth-order valence-electron chi connectivity index (χ4n) is 4.05. The summed E-state index contributed by atoms with van der Waals surface area (Å²) in [6.45, 7) is 12.0. The van der Waals surface area contributed by atoms with Crippen molar-refractivity contribution in [2.45, 2.75) is 65.9 Å². The molecule has 0 aliphatic heterocycles. The zero-order valence-electron chi connectivity index (χ0n) is 12.5. The van der Waals surface area contributed by atoms with E-state index in [1.54, 1.807) is 7.11 Å². The standard InChI is InChI=1S/C15H30O2/c1-12(7-8-17-6)15(16)10-13(2,3)9-14(4,5)11-15/h12,16H,7-11H2,1-6H3. The molecule has 2 nitrogen and oxygen atoms in total. The first kappa shape index (κ1) is 15.0. The first-order chi connectivity index (χ1) is 7.60. The van der Waals surface area contributed by atoms with E-state index in [0.717, 1.165) is 25.9 Å². The summed E-state index contributed by atoms with van der Waals surface area (Å²) in [7, 11) is 1.73. The highest BCUT2D eigenvalue weighted by Gasteiger charge is 2.48. The van der Waals surface area contributed by atoms with Gasteiger partial charge >= 0.3 is 0 Å². The maximum Gasteiger partial charge on any atom is 0.0684 e. The van der Waals surface area contributed by atoms with Gasteiger partial charge in [0, 0.05) is 13.7 Å². The van der Waals surface area contributed by atoms with Crippen molar-refractivity contribution in [3.8, 4) is 0 Å². The van der Waals surface area contributed by atoms with Crippen molar-refractivity contribution >= 4 is 0 Å². The van der Waals surface area contributed by atoms with Crippen LogP contribution in [0.25, 0.3) is 0 Å². The second kappa shape index (κ2) is 4.89. The van der Waals surface area contributed by atoms with Crippen molar-refractivity contribution in [3.05, 3.63) is 0 Å². The van der Waals surface area contributed by atoms with Gasteiger partial charge in [-0.3, -0.25) is 0 Å². The molecule has 1 aliphatic rings. The van der Waals surface area contributed by atoms with Gasteiger partial charge < -0.3 is 9.84 Å². The predicted octanol–water partition coefficient (Wildman–Crippen LogP) is 3.63. The normalized spacial score (nSPS) is 27.7. The van der Waals surface area contributed by atoms with Crippen LogP contribution >= 0.6 is 0 Å². The van der Waals surface area contributed by atoms with Crippen LogP contribution in [0.4, 0.5) is 0 Å². The van der Waals surface area contributed by atoms with E-state index >= 15 is 0 Å². The molecular formula is C15H30O2. The molecule has 1 fully saturated rings. The number of methoxy groups -OCH3 is 1. The Morgan fingerprint density at radius 1 is 1.06 bits per heavy atom. The smallest absolute Gasteiger partial charge is 0.0684 e. The van der Waals surface area contributed by atoms with Crippen LogP contribution in [0, 0.1) is 16.7 Å². The SMILES string of the molecule is COCCC(C)C1(O)CC(C)(C)CC(C)(C)C1. The van der Waals surface area contributed by atoms with E-state index in [1.165, 1.54) is 6.42 Å². The molecule has 0 aromatic carbocycles. The second-order valence-corrected chi connectivity index (χ2v) is 7.64. The minimum absolute atomic E-state index is 0.234.